The molecular weight excluding hydrogens is 372 g/mol. The zero-order valence-electron chi connectivity index (χ0n) is 15.6. The summed E-state index contributed by atoms with van der Waals surface area (Å²) in [7, 11) is 0. The maximum atomic E-state index is 11.1. The van der Waals surface area contributed by atoms with Crippen molar-refractivity contribution >= 4 is 17.6 Å². The van der Waals surface area contributed by atoms with Gasteiger partial charge in [-0.05, 0) is 72.4 Å². The van der Waals surface area contributed by atoms with E-state index in [2.05, 4.69) is 31.2 Å². The molecule has 1 aliphatic rings. The van der Waals surface area contributed by atoms with Gasteiger partial charge in [0.2, 0.25) is 0 Å². The predicted octanol–water partition coefficient (Wildman–Crippen LogP) is 6.03. The number of carboxylic acid groups (broad SMARTS) is 1. The van der Waals surface area contributed by atoms with Crippen molar-refractivity contribution in [3.8, 4) is 16.9 Å². The van der Waals surface area contributed by atoms with E-state index < -0.39 is 5.97 Å². The number of aryl methyl sites for hydroxylation is 1. The average Bonchev–Trinajstić information content (AvgIpc) is 2.67. The molecule has 0 bridgehead atoms. The molecule has 0 aromatic heterocycles. The van der Waals surface area contributed by atoms with Gasteiger partial charge in [0, 0.05) is 11.4 Å². The van der Waals surface area contributed by atoms with E-state index in [1.54, 1.807) is 12.1 Å². The number of hydrogen-bond acceptors (Lipinski definition) is 2. The molecule has 3 aromatic carbocycles. The lowest BCUT2D eigenvalue weighted by Gasteiger charge is -2.36. The van der Waals surface area contributed by atoms with Gasteiger partial charge < -0.3 is 9.84 Å². The molecule has 0 saturated heterocycles. The Hall–Kier alpha value is -2.78. The summed E-state index contributed by atoms with van der Waals surface area (Å²) in [5.74, 6) is -0.0207. The third-order valence-electron chi connectivity index (χ3n) is 5.28. The summed E-state index contributed by atoms with van der Waals surface area (Å²) < 4.78 is 6.45. The number of benzene rings is 3. The van der Waals surface area contributed by atoms with E-state index >= 15 is 0 Å². The minimum atomic E-state index is -0.919. The number of fused-ring (bicyclic) bond motifs is 1. The Morgan fingerprint density at radius 2 is 1.82 bits per heavy atom. The highest BCUT2D eigenvalue weighted by atomic mass is 35.5. The fraction of sp³-hybridized carbons (Fsp3) is 0.208. The highest BCUT2D eigenvalue weighted by Gasteiger charge is 2.32. The molecule has 1 heterocycles. The van der Waals surface area contributed by atoms with Gasteiger partial charge in [-0.25, -0.2) is 4.79 Å². The third-order valence-corrected chi connectivity index (χ3v) is 5.51. The van der Waals surface area contributed by atoms with Crippen molar-refractivity contribution in [2.75, 3.05) is 0 Å². The van der Waals surface area contributed by atoms with Crippen LogP contribution in [0.4, 0.5) is 0 Å². The van der Waals surface area contributed by atoms with Crippen molar-refractivity contribution in [3.05, 3.63) is 88.4 Å². The van der Waals surface area contributed by atoms with Crippen LogP contribution in [0.1, 0.15) is 34.8 Å². The number of aromatic carboxylic acids is 1. The molecule has 0 unspecified atom stereocenters. The maximum absolute atomic E-state index is 11.1. The fourth-order valence-corrected chi connectivity index (χ4v) is 3.97. The first-order valence-corrected chi connectivity index (χ1v) is 9.70. The molecule has 1 aliphatic heterocycles. The summed E-state index contributed by atoms with van der Waals surface area (Å²) in [4.78, 5) is 11.1. The van der Waals surface area contributed by atoms with Gasteiger partial charge in [-0.1, -0.05) is 48.0 Å². The van der Waals surface area contributed by atoms with E-state index in [9.17, 15) is 4.79 Å². The van der Waals surface area contributed by atoms with Crippen LogP contribution in [0.15, 0.2) is 66.7 Å². The summed E-state index contributed by atoms with van der Waals surface area (Å²) in [5.41, 5.74) is 4.35. The molecule has 4 rings (SSSR count). The van der Waals surface area contributed by atoms with Crippen molar-refractivity contribution in [3.63, 3.8) is 0 Å². The molecule has 4 heteroatoms. The zero-order valence-corrected chi connectivity index (χ0v) is 16.4. The van der Waals surface area contributed by atoms with Gasteiger partial charge in [0.15, 0.2) is 0 Å². The molecule has 3 nitrogen and oxygen atoms in total. The highest BCUT2D eigenvalue weighted by molar-refractivity contribution is 6.30. The molecule has 0 radical (unpaired) electrons. The Kier molecular flexibility index (Phi) is 4.86. The zero-order chi connectivity index (χ0) is 19.7. The van der Waals surface area contributed by atoms with Crippen molar-refractivity contribution in [1.82, 2.24) is 0 Å². The number of halogens is 1. The molecule has 0 fully saturated rings. The summed E-state index contributed by atoms with van der Waals surface area (Å²) in [6.45, 7) is 2.14. The summed E-state index contributed by atoms with van der Waals surface area (Å²) >= 11 is 6.13. The molecule has 28 heavy (non-hydrogen) atoms. The lowest BCUT2D eigenvalue weighted by molar-refractivity contribution is 0.0654. The molecule has 1 N–H and O–H groups in total. The van der Waals surface area contributed by atoms with Crippen molar-refractivity contribution in [2.45, 2.75) is 31.8 Å². The molecule has 0 aliphatic carbocycles. The summed E-state index contributed by atoms with van der Waals surface area (Å²) in [5, 5.41) is 9.81. The molecule has 3 aromatic rings. The Labute approximate surface area is 169 Å². The first-order valence-electron chi connectivity index (χ1n) is 9.32. The Bertz CT molecular complexity index is 1030. The summed E-state index contributed by atoms with van der Waals surface area (Å²) in [6.07, 6.45) is 2.70. The molecule has 0 amide bonds. The molecule has 142 valence electrons. The monoisotopic (exact) mass is 392 g/mol. The Balaban J connectivity index is 1.59. The largest absolute Gasteiger partial charge is 0.487 e. The van der Waals surface area contributed by atoms with Crippen LogP contribution in [0, 0.1) is 0 Å². The first-order chi connectivity index (χ1) is 13.4. The van der Waals surface area contributed by atoms with E-state index in [-0.39, 0.29) is 11.2 Å². The van der Waals surface area contributed by atoms with Gasteiger partial charge in [-0.2, -0.15) is 0 Å². The second-order valence-corrected chi connectivity index (χ2v) is 8.00. The van der Waals surface area contributed by atoms with Crippen LogP contribution >= 0.6 is 11.6 Å². The summed E-state index contributed by atoms with van der Waals surface area (Å²) in [6, 6.07) is 21.1. The van der Waals surface area contributed by atoms with Gasteiger partial charge in [-0.15, -0.1) is 0 Å². The number of hydrogen-bond donors (Lipinski definition) is 1. The minimum absolute atomic E-state index is 0.284. The van der Waals surface area contributed by atoms with Crippen LogP contribution in [0.2, 0.25) is 5.02 Å². The molecule has 1 atom stereocenters. The number of rotatable bonds is 4. The van der Waals surface area contributed by atoms with Crippen LogP contribution in [0.5, 0.6) is 5.75 Å². The van der Waals surface area contributed by atoms with Crippen LogP contribution in [0.25, 0.3) is 11.1 Å². The maximum Gasteiger partial charge on any atom is 0.335 e. The van der Waals surface area contributed by atoms with Gasteiger partial charge >= 0.3 is 5.97 Å². The lowest BCUT2D eigenvalue weighted by atomic mass is 9.86. The first kappa shape index (κ1) is 18.6. The number of carboxylic acids is 1. The van der Waals surface area contributed by atoms with Crippen molar-refractivity contribution in [2.24, 2.45) is 0 Å². The van der Waals surface area contributed by atoms with E-state index in [1.165, 1.54) is 11.1 Å². The van der Waals surface area contributed by atoms with E-state index in [0.29, 0.717) is 0 Å². The van der Waals surface area contributed by atoms with Gasteiger partial charge in [0.1, 0.15) is 11.4 Å². The van der Waals surface area contributed by atoms with E-state index in [0.717, 1.165) is 41.2 Å². The number of carbonyl (C=O) groups is 1. The van der Waals surface area contributed by atoms with Crippen LogP contribution < -0.4 is 4.74 Å². The highest BCUT2D eigenvalue weighted by Crippen LogP contribution is 2.38. The standard InChI is InChI=1S/C24H21ClO3/c1-24(15-16-3-2-4-21(25)13-16)12-11-18-7-10-20(14-22(18)28-24)17-5-8-19(9-6-17)23(26)27/h2-10,13-14H,11-12,15H2,1H3,(H,26,27)/t24-/m1/s1. The second-order valence-electron chi connectivity index (χ2n) is 7.56. The number of ether oxygens (including phenoxy) is 1. The van der Waals surface area contributed by atoms with Gasteiger partial charge in [-0.3, -0.25) is 0 Å². The van der Waals surface area contributed by atoms with Gasteiger partial charge in [0.25, 0.3) is 0 Å². The lowest BCUT2D eigenvalue weighted by Crippen LogP contribution is -2.38. The van der Waals surface area contributed by atoms with Crippen molar-refractivity contribution in [1.29, 1.82) is 0 Å². The normalized spacial score (nSPS) is 18.2. The predicted molar refractivity (Wildman–Crippen MR) is 111 cm³/mol. The Morgan fingerprint density at radius 1 is 1.07 bits per heavy atom. The van der Waals surface area contributed by atoms with E-state index in [1.807, 2.05) is 30.3 Å². The van der Waals surface area contributed by atoms with E-state index in [4.69, 9.17) is 21.4 Å². The molecular formula is C24H21ClO3. The second kappa shape index (κ2) is 7.33. The van der Waals surface area contributed by atoms with Crippen LogP contribution in [-0.4, -0.2) is 16.7 Å². The molecule has 0 spiro atoms. The smallest absolute Gasteiger partial charge is 0.335 e. The third kappa shape index (κ3) is 3.90. The van der Waals surface area contributed by atoms with Crippen LogP contribution in [-0.2, 0) is 12.8 Å². The van der Waals surface area contributed by atoms with Gasteiger partial charge in [0.05, 0.1) is 5.56 Å². The fourth-order valence-electron chi connectivity index (χ4n) is 3.76. The van der Waals surface area contributed by atoms with Crippen LogP contribution in [0.3, 0.4) is 0 Å². The Morgan fingerprint density at radius 3 is 2.54 bits per heavy atom. The SMILES string of the molecule is C[C@]1(Cc2cccc(Cl)c2)CCc2ccc(-c3ccc(C(=O)O)cc3)cc2O1. The topological polar surface area (TPSA) is 46.5 Å². The van der Waals surface area contributed by atoms with Crippen molar-refractivity contribution < 1.29 is 14.6 Å². The quantitative estimate of drug-likeness (QED) is 0.589. The minimum Gasteiger partial charge on any atom is -0.487 e. The molecule has 0 saturated carbocycles. The average molecular weight is 393 g/mol.